The maximum atomic E-state index is 3.87. The van der Waals surface area contributed by atoms with Crippen LogP contribution in [0.4, 0.5) is 0 Å². The van der Waals surface area contributed by atoms with Crippen molar-refractivity contribution in [2.24, 2.45) is 0 Å². The van der Waals surface area contributed by atoms with Crippen molar-refractivity contribution in [2.45, 2.75) is 31.0 Å². The van der Waals surface area contributed by atoms with Crippen molar-refractivity contribution in [2.75, 3.05) is 0 Å². The van der Waals surface area contributed by atoms with Crippen LogP contribution < -0.4 is 16.0 Å². The van der Waals surface area contributed by atoms with Gasteiger partial charge < -0.3 is 4.57 Å². The highest BCUT2D eigenvalue weighted by Crippen LogP contribution is 2.45. The van der Waals surface area contributed by atoms with E-state index in [-0.39, 0.29) is 24.5 Å². The van der Waals surface area contributed by atoms with Gasteiger partial charge in [0.15, 0.2) is 0 Å². The van der Waals surface area contributed by atoms with E-state index in [2.05, 4.69) is 196 Å². The molecule has 12 rings (SSSR count). The summed E-state index contributed by atoms with van der Waals surface area (Å²) in [5.41, 5.74) is 10.3. The first-order chi connectivity index (χ1) is 28.2. The maximum absolute atomic E-state index is 3.87. The Kier molecular flexibility index (Phi) is 7.81. The van der Waals surface area contributed by atoms with Crippen molar-refractivity contribution in [3.05, 3.63) is 197 Å². The first-order valence-electron chi connectivity index (χ1n) is 19.8. The fourth-order valence-corrected chi connectivity index (χ4v) is 11.7. The van der Waals surface area contributed by atoms with Gasteiger partial charge in [0.1, 0.15) is 0 Å². The second kappa shape index (κ2) is 13.4. The highest BCUT2D eigenvalue weighted by molar-refractivity contribution is 7.26. The smallest absolute Gasteiger partial charge is 0.0865 e. The quantitative estimate of drug-likeness (QED) is 0.163. The summed E-state index contributed by atoms with van der Waals surface area (Å²) in [5.74, 6) is 0. The van der Waals surface area contributed by atoms with E-state index in [4.69, 9.17) is 0 Å². The number of hydrogen-bond donors (Lipinski definition) is 3. The van der Waals surface area contributed by atoms with Gasteiger partial charge >= 0.3 is 0 Å². The fourth-order valence-electron chi connectivity index (χ4n) is 9.42. The molecular formula is C51H38N4S2. The number of aromatic nitrogens is 1. The predicted molar refractivity (Wildman–Crippen MR) is 242 cm³/mol. The number of benzene rings is 7. The number of fused-ring (bicyclic) bond motifs is 9. The van der Waals surface area contributed by atoms with Crippen LogP contribution in [0.5, 0.6) is 0 Å². The molecule has 7 aromatic carbocycles. The van der Waals surface area contributed by atoms with E-state index in [0.29, 0.717) is 0 Å². The Hall–Kier alpha value is -5.86. The van der Waals surface area contributed by atoms with Gasteiger partial charge in [-0.1, -0.05) is 133 Å². The average Bonchev–Trinajstić information content (AvgIpc) is 3.95. The van der Waals surface area contributed by atoms with Crippen LogP contribution in [0.2, 0.25) is 0 Å². The van der Waals surface area contributed by atoms with E-state index in [1.165, 1.54) is 90.3 Å². The van der Waals surface area contributed by atoms with Crippen molar-refractivity contribution >= 4 is 80.8 Å². The normalized spacial score (nSPS) is 19.6. The molecule has 3 N–H and O–H groups in total. The molecule has 0 radical (unpaired) electrons. The van der Waals surface area contributed by atoms with Crippen LogP contribution in [0.3, 0.4) is 0 Å². The van der Waals surface area contributed by atoms with Crippen LogP contribution >= 0.6 is 22.7 Å². The molecule has 6 heteroatoms. The van der Waals surface area contributed by atoms with E-state index in [1.54, 1.807) is 0 Å². The molecule has 274 valence electrons. The van der Waals surface area contributed by atoms with Gasteiger partial charge in [-0.2, -0.15) is 0 Å². The average molecular weight is 771 g/mol. The minimum absolute atomic E-state index is 0.00197. The maximum Gasteiger partial charge on any atom is 0.0865 e. The molecule has 3 unspecified atom stereocenters. The molecule has 3 atom stereocenters. The Bertz CT molecular complexity index is 3070. The molecule has 4 heterocycles. The SMILES string of the molecule is C1=CC(n2c3ccccc3c3ccccc32)Cc2c1sc1ccc(-c3cccc4sc5cc(C6NC(c7ccccc7)NC(c7ccccc7)N6)ccc5c34)cc21. The Balaban J connectivity index is 0.914. The Morgan fingerprint density at radius 1 is 0.474 bits per heavy atom. The first-order valence-corrected chi connectivity index (χ1v) is 21.4. The van der Waals surface area contributed by atoms with Crippen molar-refractivity contribution < 1.29 is 0 Å². The summed E-state index contributed by atoms with van der Waals surface area (Å²) in [7, 11) is 0. The summed E-state index contributed by atoms with van der Waals surface area (Å²) >= 11 is 3.81. The molecule has 3 aromatic heterocycles. The number of thiophene rings is 2. The van der Waals surface area contributed by atoms with Gasteiger partial charge in [0.05, 0.1) is 24.5 Å². The highest BCUT2D eigenvalue weighted by Gasteiger charge is 2.30. The summed E-state index contributed by atoms with van der Waals surface area (Å²) in [5, 5.41) is 18.2. The summed E-state index contributed by atoms with van der Waals surface area (Å²) < 4.78 is 6.53. The highest BCUT2D eigenvalue weighted by atomic mass is 32.1. The zero-order valence-corrected chi connectivity index (χ0v) is 32.7. The third-order valence-corrected chi connectivity index (χ3v) is 14.4. The van der Waals surface area contributed by atoms with Crippen molar-refractivity contribution in [3.63, 3.8) is 0 Å². The second-order valence-corrected chi connectivity index (χ2v) is 17.5. The van der Waals surface area contributed by atoms with E-state index in [9.17, 15) is 0 Å². The van der Waals surface area contributed by atoms with E-state index >= 15 is 0 Å². The lowest BCUT2D eigenvalue weighted by molar-refractivity contribution is 0.203. The molecule has 0 spiro atoms. The molecule has 0 saturated carbocycles. The van der Waals surface area contributed by atoms with Crippen LogP contribution in [-0.2, 0) is 6.42 Å². The summed E-state index contributed by atoms with van der Waals surface area (Å²) in [6, 6.07) is 60.4. The van der Waals surface area contributed by atoms with Crippen LogP contribution in [0.15, 0.2) is 170 Å². The van der Waals surface area contributed by atoms with Crippen LogP contribution in [0, 0.1) is 0 Å². The molecule has 2 aliphatic rings. The lowest BCUT2D eigenvalue weighted by atomic mass is 9.93. The lowest BCUT2D eigenvalue weighted by Gasteiger charge is -2.39. The van der Waals surface area contributed by atoms with E-state index < -0.39 is 0 Å². The number of rotatable bonds is 5. The number of para-hydroxylation sites is 2. The molecule has 1 aliphatic heterocycles. The van der Waals surface area contributed by atoms with Crippen molar-refractivity contribution in [1.29, 1.82) is 0 Å². The van der Waals surface area contributed by atoms with Gasteiger partial charge in [-0.15, -0.1) is 22.7 Å². The number of nitrogens with zero attached hydrogens (tertiary/aromatic N) is 1. The molecule has 57 heavy (non-hydrogen) atoms. The zero-order chi connectivity index (χ0) is 37.5. The van der Waals surface area contributed by atoms with Crippen LogP contribution in [0.25, 0.3) is 69.3 Å². The van der Waals surface area contributed by atoms with Gasteiger partial charge in [0.25, 0.3) is 0 Å². The Morgan fingerprint density at radius 3 is 1.82 bits per heavy atom. The predicted octanol–water partition coefficient (Wildman–Crippen LogP) is 13.0. The topological polar surface area (TPSA) is 41.0 Å². The molecule has 1 aliphatic carbocycles. The molecular weight excluding hydrogens is 733 g/mol. The molecule has 1 fully saturated rings. The summed E-state index contributed by atoms with van der Waals surface area (Å²) in [6.07, 6.45) is 5.72. The van der Waals surface area contributed by atoms with Gasteiger partial charge in [0.2, 0.25) is 0 Å². The largest absolute Gasteiger partial charge is 0.333 e. The number of allylic oxidation sites excluding steroid dienone is 1. The monoisotopic (exact) mass is 770 g/mol. The fraction of sp³-hybridized carbons (Fsp3) is 0.0980. The van der Waals surface area contributed by atoms with Gasteiger partial charge in [-0.05, 0) is 87.7 Å². The van der Waals surface area contributed by atoms with Crippen LogP contribution in [-0.4, -0.2) is 4.57 Å². The van der Waals surface area contributed by atoms with Crippen LogP contribution in [0.1, 0.15) is 51.7 Å². The molecule has 0 bridgehead atoms. The standard InChI is InChI=1S/C51H38N4S2/c1-3-12-31(13-4-1)49-52-50(32-14-5-2-6-15-32)54-51(53-49)34-22-25-39-47(29-34)57-46-21-11-18-36(48(39)46)33-23-26-44-40(28-33)41-30-35(24-27-45(41)56-44)55-42-19-9-7-16-37(42)38-17-8-10-20-43(38)55/h1-29,35,49-54H,30H2. The third kappa shape index (κ3) is 5.52. The van der Waals surface area contributed by atoms with Gasteiger partial charge in [-0.3, -0.25) is 16.0 Å². The van der Waals surface area contributed by atoms with Crippen molar-refractivity contribution in [1.82, 2.24) is 20.5 Å². The summed E-state index contributed by atoms with van der Waals surface area (Å²) in [4.78, 5) is 1.38. The zero-order valence-electron chi connectivity index (χ0n) is 31.0. The molecule has 10 aromatic rings. The van der Waals surface area contributed by atoms with Gasteiger partial charge in [-0.25, -0.2) is 0 Å². The summed E-state index contributed by atoms with van der Waals surface area (Å²) in [6.45, 7) is 0. The Labute approximate surface area is 338 Å². The molecule has 0 amide bonds. The van der Waals surface area contributed by atoms with Gasteiger partial charge in [0, 0.05) is 51.6 Å². The van der Waals surface area contributed by atoms with E-state index in [1.807, 2.05) is 22.7 Å². The lowest BCUT2D eigenvalue weighted by Crippen LogP contribution is -2.54. The minimum Gasteiger partial charge on any atom is -0.333 e. The number of nitrogens with one attached hydrogen (secondary N) is 3. The minimum atomic E-state index is -0.0386. The number of hydrogen-bond acceptors (Lipinski definition) is 5. The second-order valence-electron chi connectivity index (χ2n) is 15.3. The third-order valence-electron chi connectivity index (χ3n) is 12.1. The first kappa shape index (κ1) is 33.3. The van der Waals surface area contributed by atoms with Crippen molar-refractivity contribution in [3.8, 4) is 11.1 Å². The molecule has 1 saturated heterocycles. The van der Waals surface area contributed by atoms with E-state index in [0.717, 1.165) is 6.42 Å². The Morgan fingerprint density at radius 2 is 1.12 bits per heavy atom. The molecule has 4 nitrogen and oxygen atoms in total.